The largest absolute Gasteiger partial charge is 0.356 e. The lowest BCUT2D eigenvalue weighted by atomic mass is 10.3. The molecule has 8 heteroatoms. The number of amides is 1. The van der Waals surface area contributed by atoms with Crippen LogP contribution in [0.2, 0.25) is 0 Å². The molecule has 1 aromatic heterocycles. The maximum absolute atomic E-state index is 12.1. The molecule has 0 aliphatic rings. The molecule has 0 fully saturated rings. The molecule has 0 atom stereocenters. The fourth-order valence-corrected chi connectivity index (χ4v) is 4.63. The van der Waals surface area contributed by atoms with Crippen molar-refractivity contribution in [3.8, 4) is 0 Å². The number of hydrogen-bond acceptors (Lipinski definition) is 5. The van der Waals surface area contributed by atoms with E-state index in [9.17, 15) is 13.2 Å². The third-order valence-electron chi connectivity index (χ3n) is 3.93. The van der Waals surface area contributed by atoms with Gasteiger partial charge in [0.05, 0.1) is 20.1 Å². The highest BCUT2D eigenvalue weighted by atomic mass is 32.2. The molecule has 2 aromatic carbocycles. The van der Waals surface area contributed by atoms with Crippen molar-refractivity contribution in [2.24, 2.45) is 0 Å². The van der Waals surface area contributed by atoms with Crippen LogP contribution in [-0.4, -0.2) is 32.4 Å². The third-order valence-corrected chi connectivity index (χ3v) is 6.50. The van der Waals surface area contributed by atoms with E-state index in [2.05, 4.69) is 21.1 Å². The normalized spacial score (nSPS) is 11.6. The highest BCUT2D eigenvalue weighted by Gasteiger charge is 2.13. The molecule has 0 radical (unpaired) electrons. The SMILES string of the molecule is O=C(CCNS(=O)(=O)c1ccccc1)NCCCc1nc2ccccc2s1. The van der Waals surface area contributed by atoms with Gasteiger partial charge in [-0.1, -0.05) is 30.3 Å². The smallest absolute Gasteiger partial charge is 0.240 e. The Labute approximate surface area is 162 Å². The van der Waals surface area contributed by atoms with Gasteiger partial charge in [0.25, 0.3) is 0 Å². The van der Waals surface area contributed by atoms with E-state index in [0.29, 0.717) is 6.54 Å². The molecular weight excluding hydrogens is 382 g/mol. The minimum atomic E-state index is -3.57. The van der Waals surface area contributed by atoms with Crippen LogP contribution in [-0.2, 0) is 21.2 Å². The van der Waals surface area contributed by atoms with Gasteiger partial charge in [0, 0.05) is 25.9 Å². The first-order valence-corrected chi connectivity index (χ1v) is 11.0. The molecule has 0 saturated heterocycles. The first-order valence-electron chi connectivity index (χ1n) is 8.70. The molecule has 2 N–H and O–H groups in total. The molecule has 142 valence electrons. The van der Waals surface area contributed by atoms with Gasteiger partial charge in [-0.05, 0) is 30.7 Å². The maximum Gasteiger partial charge on any atom is 0.240 e. The summed E-state index contributed by atoms with van der Waals surface area (Å²) >= 11 is 1.67. The second-order valence-corrected chi connectivity index (χ2v) is 8.87. The number of sulfonamides is 1. The number of aryl methyl sites for hydroxylation is 1. The highest BCUT2D eigenvalue weighted by molar-refractivity contribution is 7.89. The summed E-state index contributed by atoms with van der Waals surface area (Å²) in [6, 6.07) is 16.1. The van der Waals surface area contributed by atoms with E-state index >= 15 is 0 Å². The molecule has 0 aliphatic heterocycles. The topological polar surface area (TPSA) is 88.2 Å². The second-order valence-electron chi connectivity index (χ2n) is 5.99. The van der Waals surface area contributed by atoms with E-state index < -0.39 is 10.0 Å². The Balaban J connectivity index is 1.35. The number of fused-ring (bicyclic) bond motifs is 1. The van der Waals surface area contributed by atoms with Crippen molar-refractivity contribution in [3.63, 3.8) is 0 Å². The van der Waals surface area contributed by atoms with Crippen LogP contribution in [0.4, 0.5) is 0 Å². The van der Waals surface area contributed by atoms with Crippen molar-refractivity contribution in [2.75, 3.05) is 13.1 Å². The summed E-state index contributed by atoms with van der Waals surface area (Å²) < 4.78 is 27.7. The van der Waals surface area contributed by atoms with Gasteiger partial charge in [-0.2, -0.15) is 0 Å². The molecule has 0 saturated carbocycles. The first-order chi connectivity index (χ1) is 13.0. The maximum atomic E-state index is 12.1. The van der Waals surface area contributed by atoms with Crippen LogP contribution in [0, 0.1) is 0 Å². The molecule has 3 rings (SSSR count). The molecular formula is C19H21N3O3S2. The predicted molar refractivity (Wildman–Crippen MR) is 107 cm³/mol. The quantitative estimate of drug-likeness (QED) is 0.538. The molecule has 0 bridgehead atoms. The van der Waals surface area contributed by atoms with Crippen LogP contribution in [0.1, 0.15) is 17.8 Å². The number of nitrogens with zero attached hydrogens (tertiary/aromatic N) is 1. The zero-order valence-corrected chi connectivity index (χ0v) is 16.4. The van der Waals surface area contributed by atoms with E-state index in [0.717, 1.165) is 23.4 Å². The number of benzene rings is 2. The molecule has 27 heavy (non-hydrogen) atoms. The van der Waals surface area contributed by atoms with E-state index in [1.54, 1.807) is 29.5 Å². The second kappa shape index (κ2) is 9.07. The molecule has 1 amide bonds. The van der Waals surface area contributed by atoms with Crippen molar-refractivity contribution < 1.29 is 13.2 Å². The van der Waals surface area contributed by atoms with Crippen LogP contribution in [0.5, 0.6) is 0 Å². The van der Waals surface area contributed by atoms with E-state index in [-0.39, 0.29) is 23.8 Å². The number of aromatic nitrogens is 1. The van der Waals surface area contributed by atoms with E-state index in [4.69, 9.17) is 0 Å². The number of nitrogens with one attached hydrogen (secondary N) is 2. The minimum Gasteiger partial charge on any atom is -0.356 e. The van der Waals surface area contributed by atoms with Gasteiger partial charge >= 0.3 is 0 Å². The van der Waals surface area contributed by atoms with Gasteiger partial charge in [0.15, 0.2) is 0 Å². The number of thiazole rings is 1. The fraction of sp³-hybridized carbons (Fsp3) is 0.263. The molecule has 0 aliphatic carbocycles. The number of rotatable bonds is 9. The lowest BCUT2D eigenvalue weighted by Gasteiger charge is -2.07. The lowest BCUT2D eigenvalue weighted by Crippen LogP contribution is -2.31. The van der Waals surface area contributed by atoms with Gasteiger partial charge in [-0.3, -0.25) is 4.79 Å². The Hall–Kier alpha value is -2.29. The van der Waals surface area contributed by atoms with Gasteiger partial charge in [-0.25, -0.2) is 18.1 Å². The lowest BCUT2D eigenvalue weighted by molar-refractivity contribution is -0.120. The van der Waals surface area contributed by atoms with Gasteiger partial charge in [0.1, 0.15) is 0 Å². The molecule has 0 unspecified atom stereocenters. The van der Waals surface area contributed by atoms with Crippen LogP contribution < -0.4 is 10.0 Å². The Morgan fingerprint density at radius 2 is 1.74 bits per heavy atom. The van der Waals surface area contributed by atoms with Gasteiger partial charge in [0.2, 0.25) is 15.9 Å². The summed E-state index contributed by atoms with van der Waals surface area (Å²) in [7, 11) is -3.57. The van der Waals surface area contributed by atoms with E-state index in [1.165, 1.54) is 16.8 Å². The third kappa shape index (κ3) is 5.59. The fourth-order valence-electron chi connectivity index (χ4n) is 2.56. The van der Waals surface area contributed by atoms with Crippen molar-refractivity contribution >= 4 is 37.5 Å². The van der Waals surface area contributed by atoms with Crippen molar-refractivity contribution in [1.29, 1.82) is 0 Å². The average molecular weight is 404 g/mol. The molecule has 1 heterocycles. The molecule has 6 nitrogen and oxygen atoms in total. The summed E-state index contributed by atoms with van der Waals surface area (Å²) in [6.07, 6.45) is 1.70. The van der Waals surface area contributed by atoms with Crippen LogP contribution in [0.3, 0.4) is 0 Å². The predicted octanol–water partition coefficient (Wildman–Crippen LogP) is 2.71. The first kappa shape index (κ1) is 19.5. The molecule has 0 spiro atoms. The number of hydrogen-bond donors (Lipinski definition) is 2. The summed E-state index contributed by atoms with van der Waals surface area (Å²) in [4.78, 5) is 16.6. The zero-order valence-electron chi connectivity index (χ0n) is 14.7. The summed E-state index contributed by atoms with van der Waals surface area (Å²) in [5.74, 6) is -0.171. The monoisotopic (exact) mass is 403 g/mol. The summed E-state index contributed by atoms with van der Waals surface area (Å²) in [5, 5.41) is 3.87. The van der Waals surface area contributed by atoms with Crippen molar-refractivity contribution in [2.45, 2.75) is 24.2 Å². The van der Waals surface area contributed by atoms with Crippen LogP contribution in [0.25, 0.3) is 10.2 Å². The Bertz CT molecular complexity index is 968. The van der Waals surface area contributed by atoms with Gasteiger partial charge in [-0.15, -0.1) is 11.3 Å². The number of para-hydroxylation sites is 1. The number of carbonyl (C=O) groups is 1. The minimum absolute atomic E-state index is 0.0704. The van der Waals surface area contributed by atoms with Crippen molar-refractivity contribution in [3.05, 3.63) is 59.6 Å². The van der Waals surface area contributed by atoms with Gasteiger partial charge < -0.3 is 5.32 Å². The summed E-state index contributed by atoms with van der Waals surface area (Å²) in [5.41, 5.74) is 1.01. The average Bonchev–Trinajstić information content (AvgIpc) is 3.09. The zero-order chi connectivity index (χ0) is 19.1. The molecule has 3 aromatic rings. The Morgan fingerprint density at radius 1 is 1.00 bits per heavy atom. The van der Waals surface area contributed by atoms with Crippen LogP contribution in [0.15, 0.2) is 59.5 Å². The highest BCUT2D eigenvalue weighted by Crippen LogP contribution is 2.22. The van der Waals surface area contributed by atoms with Crippen LogP contribution >= 0.6 is 11.3 Å². The Morgan fingerprint density at radius 3 is 2.52 bits per heavy atom. The summed E-state index contributed by atoms with van der Waals surface area (Å²) in [6.45, 7) is 0.612. The van der Waals surface area contributed by atoms with Crippen molar-refractivity contribution in [1.82, 2.24) is 15.0 Å². The number of carbonyl (C=O) groups excluding carboxylic acids is 1. The standard InChI is InChI=1S/C19H21N3O3S2/c23-18(12-14-21-27(24,25)15-7-2-1-3-8-15)20-13-6-11-19-22-16-9-4-5-10-17(16)26-19/h1-5,7-10,21H,6,11-14H2,(H,20,23). The Kier molecular flexibility index (Phi) is 6.54. The van der Waals surface area contributed by atoms with E-state index in [1.807, 2.05) is 18.2 Å².